The summed E-state index contributed by atoms with van der Waals surface area (Å²) in [5.74, 6) is 0.300. The van der Waals surface area contributed by atoms with Crippen LogP contribution in [0.15, 0.2) is 42.5 Å². The number of thiazole rings is 1. The summed E-state index contributed by atoms with van der Waals surface area (Å²) >= 11 is 14.3. The molecule has 2 aromatic carbocycles. The number of anilines is 1. The van der Waals surface area contributed by atoms with E-state index in [1.165, 1.54) is 18.4 Å². The van der Waals surface area contributed by atoms with Crippen molar-refractivity contribution in [2.75, 3.05) is 18.1 Å². The normalized spacial score (nSPS) is 14.2. The van der Waals surface area contributed by atoms with Gasteiger partial charge in [0.1, 0.15) is 0 Å². The van der Waals surface area contributed by atoms with Crippen LogP contribution in [-0.2, 0) is 4.74 Å². The van der Waals surface area contributed by atoms with Gasteiger partial charge in [0, 0.05) is 22.0 Å². The van der Waals surface area contributed by atoms with Crippen molar-refractivity contribution in [3.63, 3.8) is 0 Å². The molecule has 1 atom stereocenters. The minimum Gasteiger partial charge on any atom is -0.462 e. The summed E-state index contributed by atoms with van der Waals surface area (Å²) < 4.78 is 5.14. The number of carbonyl (C=O) groups excluding carboxylic acids is 1. The molecule has 174 valence electrons. The number of hydrogen-bond donors (Lipinski definition) is 0. The molecule has 33 heavy (non-hydrogen) atoms. The lowest BCUT2D eigenvalue weighted by Crippen LogP contribution is -2.31. The summed E-state index contributed by atoms with van der Waals surface area (Å²) in [6.45, 7) is 7.38. The van der Waals surface area contributed by atoms with Gasteiger partial charge in [-0.3, -0.25) is 0 Å². The van der Waals surface area contributed by atoms with Crippen LogP contribution in [0.5, 0.6) is 0 Å². The molecule has 1 heterocycles. The van der Waals surface area contributed by atoms with E-state index in [1.54, 1.807) is 17.4 Å². The molecule has 0 saturated heterocycles. The van der Waals surface area contributed by atoms with Crippen LogP contribution >= 0.6 is 34.5 Å². The van der Waals surface area contributed by atoms with Crippen molar-refractivity contribution in [1.29, 1.82) is 0 Å². The molecule has 1 unspecified atom stereocenters. The molecular weight excluding hydrogens is 475 g/mol. The fraction of sp³-hybridized carbons (Fsp3) is 0.385. The summed E-state index contributed by atoms with van der Waals surface area (Å²) in [6.07, 6.45) is 3.41. The molecule has 4 nitrogen and oxygen atoms in total. The van der Waals surface area contributed by atoms with Crippen molar-refractivity contribution in [2.45, 2.75) is 46.1 Å². The van der Waals surface area contributed by atoms with Gasteiger partial charge >= 0.3 is 5.97 Å². The molecule has 3 aromatic rings. The SMILES string of the molecule is CCCN(c1nc(-c2ccc(Cl)cc2Cl)c(C)s1)C(c1ccc(C(=O)OCC)cc1)C1CC1. The zero-order valence-electron chi connectivity index (χ0n) is 19.1. The van der Waals surface area contributed by atoms with Gasteiger partial charge in [-0.05, 0) is 74.9 Å². The van der Waals surface area contributed by atoms with Crippen molar-refractivity contribution in [3.8, 4) is 11.3 Å². The molecule has 0 radical (unpaired) electrons. The van der Waals surface area contributed by atoms with E-state index in [4.69, 9.17) is 32.9 Å². The van der Waals surface area contributed by atoms with Crippen molar-refractivity contribution < 1.29 is 9.53 Å². The Hall–Kier alpha value is -2.08. The number of ether oxygens (including phenoxy) is 1. The molecule has 4 rings (SSSR count). The van der Waals surface area contributed by atoms with Crippen molar-refractivity contribution in [1.82, 2.24) is 4.98 Å². The standard InChI is InChI=1S/C26H28Cl2N2O2S/c1-4-14-30(26-29-23(16(3)33-26)21-13-12-20(27)15-22(21)28)24(17-6-7-17)18-8-10-19(11-9-18)25(31)32-5-2/h8-13,15,17,24H,4-7,14H2,1-3H3. The minimum absolute atomic E-state index is 0.222. The Kier molecular flexibility index (Phi) is 7.62. The molecule has 0 N–H and O–H groups in total. The second kappa shape index (κ2) is 10.5. The molecular formula is C26H28Cl2N2O2S. The van der Waals surface area contributed by atoms with E-state index in [0.717, 1.165) is 34.2 Å². The van der Waals surface area contributed by atoms with Crippen LogP contribution < -0.4 is 4.90 Å². The third kappa shape index (κ3) is 5.37. The number of halogens is 2. The fourth-order valence-electron chi connectivity index (χ4n) is 4.18. The lowest BCUT2D eigenvalue weighted by Gasteiger charge is -2.32. The summed E-state index contributed by atoms with van der Waals surface area (Å²) in [5.41, 5.74) is 3.60. The van der Waals surface area contributed by atoms with Gasteiger partial charge in [-0.2, -0.15) is 0 Å². The maximum atomic E-state index is 12.1. The van der Waals surface area contributed by atoms with Gasteiger partial charge in [-0.1, -0.05) is 42.3 Å². The first-order valence-corrected chi connectivity index (χ1v) is 13.0. The molecule has 0 bridgehead atoms. The first-order valence-electron chi connectivity index (χ1n) is 11.4. The first-order chi connectivity index (χ1) is 15.9. The molecule has 1 fully saturated rings. The lowest BCUT2D eigenvalue weighted by atomic mass is 9.99. The summed E-state index contributed by atoms with van der Waals surface area (Å²) in [5, 5.41) is 2.23. The van der Waals surface area contributed by atoms with E-state index in [-0.39, 0.29) is 12.0 Å². The number of rotatable bonds is 9. The van der Waals surface area contributed by atoms with E-state index in [2.05, 4.69) is 30.9 Å². The Morgan fingerprint density at radius 1 is 1.18 bits per heavy atom. The Morgan fingerprint density at radius 2 is 1.91 bits per heavy atom. The Bertz CT molecular complexity index is 1130. The number of aromatic nitrogens is 1. The monoisotopic (exact) mass is 502 g/mol. The van der Waals surface area contributed by atoms with Gasteiger partial charge in [0.2, 0.25) is 0 Å². The Labute approximate surface area is 209 Å². The first kappa shape index (κ1) is 24.1. The van der Waals surface area contributed by atoms with Crippen LogP contribution in [0.3, 0.4) is 0 Å². The Morgan fingerprint density at radius 3 is 2.52 bits per heavy atom. The van der Waals surface area contributed by atoms with Crippen LogP contribution in [0.1, 0.15) is 60.0 Å². The second-order valence-electron chi connectivity index (χ2n) is 8.34. The van der Waals surface area contributed by atoms with E-state index >= 15 is 0 Å². The van der Waals surface area contributed by atoms with Crippen LogP contribution in [-0.4, -0.2) is 24.1 Å². The number of benzene rings is 2. The third-order valence-corrected chi connectivity index (χ3v) is 7.41. The average molecular weight is 503 g/mol. The number of esters is 1. The van der Waals surface area contributed by atoms with Gasteiger partial charge in [-0.25, -0.2) is 9.78 Å². The predicted octanol–water partition coefficient (Wildman–Crippen LogP) is 7.97. The molecule has 0 aliphatic heterocycles. The molecule has 1 aliphatic rings. The second-order valence-corrected chi connectivity index (χ2v) is 10.4. The van der Waals surface area contributed by atoms with Gasteiger partial charge in [-0.15, -0.1) is 11.3 Å². The maximum Gasteiger partial charge on any atom is 0.338 e. The highest BCUT2D eigenvalue weighted by Crippen LogP contribution is 2.48. The van der Waals surface area contributed by atoms with E-state index in [1.807, 2.05) is 31.2 Å². The van der Waals surface area contributed by atoms with Crippen molar-refractivity contribution in [3.05, 3.63) is 68.5 Å². The summed E-state index contributed by atoms with van der Waals surface area (Å²) in [4.78, 5) is 20.7. The van der Waals surface area contributed by atoms with E-state index < -0.39 is 0 Å². The average Bonchev–Trinajstić information content (AvgIpc) is 3.55. The van der Waals surface area contributed by atoms with Crippen LogP contribution in [0.2, 0.25) is 10.0 Å². The molecule has 0 amide bonds. The van der Waals surface area contributed by atoms with E-state index in [0.29, 0.717) is 28.1 Å². The number of hydrogen-bond acceptors (Lipinski definition) is 5. The topological polar surface area (TPSA) is 42.4 Å². The lowest BCUT2D eigenvalue weighted by molar-refractivity contribution is 0.0526. The maximum absolute atomic E-state index is 12.1. The zero-order chi connectivity index (χ0) is 23.5. The quantitative estimate of drug-likeness (QED) is 0.278. The molecule has 0 spiro atoms. The number of carbonyl (C=O) groups is 1. The van der Waals surface area contributed by atoms with Gasteiger partial charge in [0.15, 0.2) is 5.13 Å². The highest BCUT2D eigenvalue weighted by atomic mass is 35.5. The van der Waals surface area contributed by atoms with Crippen molar-refractivity contribution >= 4 is 45.6 Å². The number of aryl methyl sites for hydroxylation is 1. The van der Waals surface area contributed by atoms with Crippen LogP contribution in [0, 0.1) is 12.8 Å². The molecule has 7 heteroatoms. The smallest absolute Gasteiger partial charge is 0.338 e. The summed E-state index contributed by atoms with van der Waals surface area (Å²) in [7, 11) is 0. The summed E-state index contributed by atoms with van der Waals surface area (Å²) in [6, 6.07) is 13.7. The van der Waals surface area contributed by atoms with Crippen molar-refractivity contribution in [2.24, 2.45) is 5.92 Å². The Balaban J connectivity index is 1.69. The van der Waals surface area contributed by atoms with E-state index in [9.17, 15) is 4.79 Å². The third-order valence-electron chi connectivity index (χ3n) is 5.85. The largest absolute Gasteiger partial charge is 0.462 e. The van der Waals surface area contributed by atoms with Gasteiger partial charge in [0.25, 0.3) is 0 Å². The molecule has 1 saturated carbocycles. The minimum atomic E-state index is -0.280. The fourth-order valence-corrected chi connectivity index (χ4v) is 5.66. The van der Waals surface area contributed by atoms with Crippen LogP contribution in [0.4, 0.5) is 5.13 Å². The molecule has 1 aliphatic carbocycles. The number of nitrogens with zero attached hydrogens (tertiary/aromatic N) is 2. The highest BCUT2D eigenvalue weighted by molar-refractivity contribution is 7.16. The molecule has 1 aromatic heterocycles. The predicted molar refractivity (Wildman–Crippen MR) is 138 cm³/mol. The van der Waals surface area contributed by atoms with Gasteiger partial charge in [0.05, 0.1) is 28.9 Å². The van der Waals surface area contributed by atoms with Gasteiger partial charge < -0.3 is 9.64 Å². The zero-order valence-corrected chi connectivity index (χ0v) is 21.4. The highest BCUT2D eigenvalue weighted by Gasteiger charge is 2.37. The van der Waals surface area contributed by atoms with Crippen LogP contribution in [0.25, 0.3) is 11.3 Å².